The Kier molecular flexibility index (Phi) is 6.51. The highest BCUT2D eigenvalue weighted by molar-refractivity contribution is 7.85. The van der Waals surface area contributed by atoms with E-state index in [1.54, 1.807) is 0 Å². The minimum absolute atomic E-state index is 0.203. The van der Waals surface area contributed by atoms with Crippen LogP contribution in [0, 0.1) is 0 Å². The van der Waals surface area contributed by atoms with Crippen molar-refractivity contribution in [2.24, 2.45) is 0 Å². The molecule has 0 amide bonds. The van der Waals surface area contributed by atoms with Crippen LogP contribution in [0.5, 0.6) is 0 Å². The molecule has 0 aromatic rings. The molecule has 0 aliphatic carbocycles. The van der Waals surface area contributed by atoms with Crippen molar-refractivity contribution >= 4 is 16.1 Å². The largest absolute Gasteiger partial charge is 0.748 e. The fourth-order valence-electron chi connectivity index (χ4n) is 1.10. The molecule has 0 aromatic heterocycles. The second kappa shape index (κ2) is 6.86. The number of carbonyl (C=O) groups is 1. The smallest absolute Gasteiger partial charge is 0.338 e. The summed E-state index contributed by atoms with van der Waals surface area (Å²) >= 11 is 0. The van der Waals surface area contributed by atoms with Crippen LogP contribution in [0.25, 0.3) is 0 Å². The first kappa shape index (κ1) is 17.1. The summed E-state index contributed by atoms with van der Waals surface area (Å²) < 4.78 is 36.0. The van der Waals surface area contributed by atoms with Crippen molar-refractivity contribution in [1.29, 1.82) is 0 Å². The normalized spacial score (nSPS) is 16.2. The van der Waals surface area contributed by atoms with Gasteiger partial charge in [0.1, 0.15) is 6.26 Å². The summed E-state index contributed by atoms with van der Waals surface area (Å²) in [6.07, 6.45) is 3.15. The van der Waals surface area contributed by atoms with Crippen LogP contribution in [0.1, 0.15) is 20.3 Å². The Hall–Kier alpha value is -0.920. The van der Waals surface area contributed by atoms with Gasteiger partial charge < -0.3 is 13.8 Å². The Balaban J connectivity index is 0.000000473. The van der Waals surface area contributed by atoms with E-state index in [1.807, 2.05) is 27.9 Å². The van der Waals surface area contributed by atoms with Crippen molar-refractivity contribution in [3.63, 3.8) is 0 Å². The van der Waals surface area contributed by atoms with Crippen LogP contribution in [0.15, 0.2) is 12.3 Å². The number of nitrogens with zero attached hydrogens (tertiary/aromatic N) is 1. The number of hydrogen-bond acceptors (Lipinski definition) is 5. The standard InChI is InChI=1S/C8H19NO3S.C3H2O2/c1-5-9(3,4)8(2)6-7-13(10,11)12;4-3-1-2-5-3/h8H,5-7H2,1-4H3;1-2H. The van der Waals surface area contributed by atoms with Crippen molar-refractivity contribution in [2.45, 2.75) is 26.3 Å². The fraction of sp³-hybridized carbons (Fsp3) is 0.727. The SMILES string of the molecule is CC[N+](C)(C)C(C)CCS(=O)(=O)[O-].O=C1C=CO1. The quantitative estimate of drug-likeness (QED) is 0.415. The van der Waals surface area contributed by atoms with Gasteiger partial charge in [0.2, 0.25) is 0 Å². The lowest BCUT2D eigenvalue weighted by molar-refractivity contribution is -0.911. The van der Waals surface area contributed by atoms with Crippen LogP contribution in [-0.2, 0) is 19.6 Å². The molecule has 0 N–H and O–H groups in total. The fourth-order valence-corrected chi connectivity index (χ4v) is 1.73. The Morgan fingerprint density at radius 1 is 1.44 bits per heavy atom. The molecule has 1 unspecified atom stereocenters. The number of ether oxygens (including phenoxy) is 1. The van der Waals surface area contributed by atoms with Crippen molar-refractivity contribution in [3.8, 4) is 0 Å². The summed E-state index contributed by atoms with van der Waals surface area (Å²) in [5.74, 6) is -0.499. The monoisotopic (exact) mass is 279 g/mol. The van der Waals surface area contributed by atoms with Crippen LogP contribution in [0.2, 0.25) is 0 Å². The highest BCUT2D eigenvalue weighted by Gasteiger charge is 2.21. The van der Waals surface area contributed by atoms with Gasteiger partial charge in [0.15, 0.2) is 0 Å². The lowest BCUT2D eigenvalue weighted by atomic mass is 10.2. The predicted molar refractivity (Wildman–Crippen MR) is 66.5 cm³/mol. The first-order valence-corrected chi connectivity index (χ1v) is 7.29. The van der Waals surface area contributed by atoms with Crippen LogP contribution < -0.4 is 0 Å². The second-order valence-corrected chi connectivity index (χ2v) is 6.26. The van der Waals surface area contributed by atoms with Gasteiger partial charge in [0, 0.05) is 12.2 Å². The third kappa shape index (κ3) is 7.41. The first-order chi connectivity index (χ1) is 8.08. The molecular formula is C11H21NO5S. The van der Waals surface area contributed by atoms with Gasteiger partial charge >= 0.3 is 5.97 Å². The van der Waals surface area contributed by atoms with Crippen LogP contribution in [0.4, 0.5) is 0 Å². The topological polar surface area (TPSA) is 83.5 Å². The predicted octanol–water partition coefficient (Wildman–Crippen LogP) is 0.463. The van der Waals surface area contributed by atoms with Gasteiger partial charge in [-0.1, -0.05) is 0 Å². The highest BCUT2D eigenvalue weighted by atomic mass is 32.2. The molecule has 0 saturated carbocycles. The Labute approximate surface area is 109 Å². The molecule has 0 saturated heterocycles. The number of quaternary nitrogens is 1. The number of carbonyl (C=O) groups excluding carboxylic acids is 1. The van der Waals surface area contributed by atoms with Gasteiger partial charge in [-0.25, -0.2) is 13.2 Å². The van der Waals surface area contributed by atoms with Crippen molar-refractivity contribution in [2.75, 3.05) is 26.4 Å². The lowest BCUT2D eigenvalue weighted by Crippen LogP contribution is -2.47. The molecule has 1 atom stereocenters. The minimum atomic E-state index is -4.05. The molecule has 0 aromatic carbocycles. The van der Waals surface area contributed by atoms with E-state index in [2.05, 4.69) is 4.74 Å². The Morgan fingerprint density at radius 2 is 1.89 bits per heavy atom. The van der Waals surface area contributed by atoms with Crippen molar-refractivity contribution in [3.05, 3.63) is 12.3 Å². The van der Waals surface area contributed by atoms with Gasteiger partial charge in [-0.15, -0.1) is 0 Å². The van der Waals surface area contributed by atoms with Gasteiger partial charge in [-0.05, 0) is 13.8 Å². The molecule has 0 spiro atoms. The average molecular weight is 279 g/mol. The Morgan fingerprint density at radius 3 is 2.11 bits per heavy atom. The summed E-state index contributed by atoms with van der Waals surface area (Å²) in [6, 6.07) is 0.203. The molecule has 7 heteroatoms. The van der Waals surface area contributed by atoms with Crippen molar-refractivity contribution < 1.29 is 27.0 Å². The number of rotatable bonds is 5. The zero-order valence-electron chi connectivity index (χ0n) is 11.3. The zero-order valence-corrected chi connectivity index (χ0v) is 12.1. The van der Waals surface area contributed by atoms with E-state index in [-0.39, 0.29) is 17.8 Å². The molecule has 0 bridgehead atoms. The van der Waals surface area contributed by atoms with E-state index in [0.29, 0.717) is 6.42 Å². The lowest BCUT2D eigenvalue weighted by Gasteiger charge is -2.35. The zero-order chi connectivity index (χ0) is 14.4. The van der Waals surface area contributed by atoms with Gasteiger partial charge in [0.25, 0.3) is 0 Å². The molecule has 1 aliphatic heterocycles. The highest BCUT2D eigenvalue weighted by Crippen LogP contribution is 2.10. The maximum atomic E-state index is 10.4. The summed E-state index contributed by atoms with van der Waals surface area (Å²) in [5, 5.41) is 0. The maximum absolute atomic E-state index is 10.4. The van der Waals surface area contributed by atoms with Gasteiger partial charge in [-0.2, -0.15) is 0 Å². The molecule has 1 heterocycles. The second-order valence-electron chi connectivity index (χ2n) is 4.73. The molecular weight excluding hydrogens is 258 g/mol. The molecule has 0 fully saturated rings. The molecule has 6 nitrogen and oxygen atoms in total. The van der Waals surface area contributed by atoms with Gasteiger partial charge in [-0.3, -0.25) is 0 Å². The minimum Gasteiger partial charge on any atom is -0.748 e. The third-order valence-corrected chi connectivity index (χ3v) is 3.92. The first-order valence-electron chi connectivity index (χ1n) is 5.72. The number of hydrogen-bond donors (Lipinski definition) is 0. The van der Waals surface area contributed by atoms with Crippen LogP contribution in [0.3, 0.4) is 0 Å². The molecule has 1 rings (SSSR count). The third-order valence-electron chi connectivity index (χ3n) is 3.18. The summed E-state index contributed by atoms with van der Waals surface area (Å²) in [5.41, 5.74) is 0. The number of cyclic esters (lactones) is 1. The average Bonchev–Trinajstić information content (AvgIpc) is 2.22. The van der Waals surface area contributed by atoms with Gasteiger partial charge in [0.05, 0.1) is 42.9 Å². The molecule has 106 valence electrons. The summed E-state index contributed by atoms with van der Waals surface area (Å²) in [6.45, 7) is 4.94. The Bertz CT molecular complexity index is 400. The molecule has 1 aliphatic rings. The van der Waals surface area contributed by atoms with E-state index in [1.165, 1.54) is 12.3 Å². The summed E-state index contributed by atoms with van der Waals surface area (Å²) in [7, 11) is 0.0120. The van der Waals surface area contributed by atoms with E-state index in [0.717, 1.165) is 11.0 Å². The van der Waals surface area contributed by atoms with Crippen LogP contribution >= 0.6 is 0 Å². The van der Waals surface area contributed by atoms with Crippen molar-refractivity contribution in [1.82, 2.24) is 0 Å². The summed E-state index contributed by atoms with van der Waals surface area (Å²) in [4.78, 5) is 9.59. The van der Waals surface area contributed by atoms with E-state index < -0.39 is 10.1 Å². The van der Waals surface area contributed by atoms with E-state index in [4.69, 9.17) is 0 Å². The molecule has 0 radical (unpaired) electrons. The number of esters is 1. The van der Waals surface area contributed by atoms with E-state index in [9.17, 15) is 17.8 Å². The molecule has 18 heavy (non-hydrogen) atoms. The maximum Gasteiger partial charge on any atom is 0.338 e. The van der Waals surface area contributed by atoms with E-state index >= 15 is 0 Å². The van der Waals surface area contributed by atoms with Crippen LogP contribution in [-0.4, -0.2) is 55.9 Å².